The molecule has 0 amide bonds. The third kappa shape index (κ3) is 2.35. The zero-order valence-electron chi connectivity index (χ0n) is 11.3. The van der Waals surface area contributed by atoms with Crippen LogP contribution in [0.15, 0.2) is 16.1 Å². The van der Waals surface area contributed by atoms with Crippen molar-refractivity contribution >= 4 is 23.3 Å². The molecule has 2 aromatic heterocycles. The predicted molar refractivity (Wildman–Crippen MR) is 73.6 cm³/mol. The Morgan fingerprint density at radius 2 is 2.48 bits per heavy atom. The highest BCUT2D eigenvalue weighted by molar-refractivity contribution is 5.71. The Kier molecular flexibility index (Phi) is 3.53. The SMILES string of the molecule is CC=Nc1nc2c(ncn2[C@H]2C[C@H](O)[C@@H](CO)O2)c(=O)[nH]1. The molecule has 1 aliphatic heterocycles. The van der Waals surface area contributed by atoms with Crippen LogP contribution in [0.1, 0.15) is 19.6 Å². The first kappa shape index (κ1) is 13.9. The maximum Gasteiger partial charge on any atom is 0.280 e. The number of rotatable bonds is 3. The summed E-state index contributed by atoms with van der Waals surface area (Å²) in [5, 5.41) is 18.9. The van der Waals surface area contributed by atoms with Gasteiger partial charge in [0, 0.05) is 12.6 Å². The lowest BCUT2D eigenvalue weighted by Gasteiger charge is -2.13. The van der Waals surface area contributed by atoms with E-state index in [2.05, 4.69) is 19.9 Å². The van der Waals surface area contributed by atoms with Gasteiger partial charge >= 0.3 is 0 Å². The number of aliphatic hydroxyl groups is 2. The third-order valence-corrected chi connectivity index (χ3v) is 3.37. The number of hydrogen-bond donors (Lipinski definition) is 3. The number of H-pyrrole nitrogens is 1. The summed E-state index contributed by atoms with van der Waals surface area (Å²) in [4.78, 5) is 26.6. The standard InChI is InChI=1S/C12H15N5O4/c1-2-13-12-15-10-9(11(20)16-12)14-5-17(10)8-3-6(19)7(4-18)21-8/h2,5-8,18-19H,3-4H2,1H3,(H,15,16,20)/t6-,7+,8+/m0/s1. The van der Waals surface area contributed by atoms with Crippen molar-refractivity contribution in [1.82, 2.24) is 19.5 Å². The van der Waals surface area contributed by atoms with Crippen LogP contribution in [0, 0.1) is 0 Å². The summed E-state index contributed by atoms with van der Waals surface area (Å²) in [7, 11) is 0. The number of fused-ring (bicyclic) bond motifs is 1. The molecule has 3 N–H and O–H groups in total. The van der Waals surface area contributed by atoms with Crippen LogP contribution in [0.25, 0.3) is 11.2 Å². The van der Waals surface area contributed by atoms with Crippen molar-refractivity contribution in [2.45, 2.75) is 31.8 Å². The van der Waals surface area contributed by atoms with Crippen molar-refractivity contribution in [3.8, 4) is 0 Å². The van der Waals surface area contributed by atoms with Crippen LogP contribution in [0.3, 0.4) is 0 Å². The smallest absolute Gasteiger partial charge is 0.280 e. The van der Waals surface area contributed by atoms with Gasteiger partial charge in [0.05, 0.1) is 19.0 Å². The van der Waals surface area contributed by atoms with E-state index in [0.717, 1.165) is 0 Å². The summed E-state index contributed by atoms with van der Waals surface area (Å²) < 4.78 is 7.11. The van der Waals surface area contributed by atoms with E-state index in [0.29, 0.717) is 5.65 Å². The first-order chi connectivity index (χ1) is 10.1. The van der Waals surface area contributed by atoms with Gasteiger partial charge in [-0.15, -0.1) is 0 Å². The van der Waals surface area contributed by atoms with Gasteiger partial charge in [-0.2, -0.15) is 4.98 Å². The van der Waals surface area contributed by atoms with Gasteiger partial charge in [0.15, 0.2) is 11.2 Å². The fourth-order valence-corrected chi connectivity index (χ4v) is 2.36. The van der Waals surface area contributed by atoms with Gasteiger partial charge < -0.3 is 14.9 Å². The van der Waals surface area contributed by atoms with E-state index in [1.165, 1.54) is 12.5 Å². The van der Waals surface area contributed by atoms with Gasteiger partial charge in [0.2, 0.25) is 5.95 Å². The molecular formula is C12H15N5O4. The molecule has 2 aromatic rings. The predicted octanol–water partition coefficient (Wildman–Crippen LogP) is -0.518. The summed E-state index contributed by atoms with van der Waals surface area (Å²) in [5.74, 6) is 0.175. The molecule has 0 radical (unpaired) electrons. The molecule has 0 spiro atoms. The third-order valence-electron chi connectivity index (χ3n) is 3.37. The second kappa shape index (κ2) is 5.35. The van der Waals surface area contributed by atoms with Gasteiger partial charge in [0.1, 0.15) is 12.3 Å². The Labute approximate surface area is 118 Å². The Balaban J connectivity index is 2.06. The molecule has 1 saturated heterocycles. The van der Waals surface area contributed by atoms with Crippen molar-refractivity contribution in [1.29, 1.82) is 0 Å². The average molecular weight is 293 g/mol. The van der Waals surface area contributed by atoms with Gasteiger partial charge in [-0.3, -0.25) is 14.3 Å². The highest BCUT2D eigenvalue weighted by atomic mass is 16.5. The summed E-state index contributed by atoms with van der Waals surface area (Å²) in [6.07, 6.45) is 1.29. The number of nitrogens with zero attached hydrogens (tertiary/aromatic N) is 4. The van der Waals surface area contributed by atoms with Crippen molar-refractivity contribution in [2.24, 2.45) is 4.99 Å². The number of hydrogen-bond acceptors (Lipinski definition) is 7. The molecule has 21 heavy (non-hydrogen) atoms. The summed E-state index contributed by atoms with van der Waals surface area (Å²) in [6, 6.07) is 0. The number of ether oxygens (including phenoxy) is 1. The van der Waals surface area contributed by atoms with E-state index in [9.17, 15) is 9.90 Å². The molecule has 0 aromatic carbocycles. The molecule has 3 rings (SSSR count). The molecule has 9 nitrogen and oxygen atoms in total. The van der Waals surface area contributed by atoms with E-state index in [1.54, 1.807) is 11.5 Å². The monoisotopic (exact) mass is 293 g/mol. The fourth-order valence-electron chi connectivity index (χ4n) is 2.36. The molecule has 112 valence electrons. The van der Waals surface area contributed by atoms with Crippen LogP contribution in [-0.4, -0.2) is 54.8 Å². The lowest BCUT2D eigenvalue weighted by Crippen LogP contribution is -2.24. The van der Waals surface area contributed by atoms with Crippen LogP contribution in [0.2, 0.25) is 0 Å². The lowest BCUT2D eigenvalue weighted by molar-refractivity contribution is -0.0432. The molecule has 0 saturated carbocycles. The van der Waals surface area contributed by atoms with Gasteiger partial charge in [-0.05, 0) is 6.92 Å². The molecule has 1 aliphatic rings. The van der Waals surface area contributed by atoms with Crippen molar-refractivity contribution in [3.05, 3.63) is 16.7 Å². The fraction of sp³-hybridized carbons (Fsp3) is 0.500. The summed E-state index contributed by atoms with van der Waals surface area (Å²) in [5.41, 5.74) is 0.113. The normalized spacial score (nSPS) is 26.1. The molecule has 0 bridgehead atoms. The molecule has 1 fully saturated rings. The minimum Gasteiger partial charge on any atom is -0.394 e. The van der Waals surface area contributed by atoms with Crippen LogP contribution < -0.4 is 5.56 Å². The molecule has 0 unspecified atom stereocenters. The molecule has 3 heterocycles. The maximum absolute atomic E-state index is 11.9. The van der Waals surface area contributed by atoms with Crippen LogP contribution in [0.5, 0.6) is 0 Å². The van der Waals surface area contributed by atoms with Crippen molar-refractivity contribution in [2.75, 3.05) is 6.61 Å². The number of aliphatic imine (C=N–C) groups is 1. The number of imidazole rings is 1. The van der Waals surface area contributed by atoms with E-state index in [-0.39, 0.29) is 24.5 Å². The molecule has 3 atom stereocenters. The van der Waals surface area contributed by atoms with E-state index in [1.807, 2.05) is 0 Å². The van der Waals surface area contributed by atoms with Gasteiger partial charge in [-0.1, -0.05) is 0 Å². The second-order valence-corrected chi connectivity index (χ2v) is 4.72. The number of aliphatic hydroxyl groups excluding tert-OH is 2. The molecule has 9 heteroatoms. The highest BCUT2D eigenvalue weighted by Crippen LogP contribution is 2.30. The number of nitrogens with one attached hydrogen (secondary N) is 1. The maximum atomic E-state index is 11.9. The molecule has 0 aliphatic carbocycles. The number of aromatic nitrogens is 4. The van der Waals surface area contributed by atoms with Crippen molar-refractivity contribution < 1.29 is 14.9 Å². The van der Waals surface area contributed by atoms with Crippen LogP contribution >= 0.6 is 0 Å². The van der Waals surface area contributed by atoms with Gasteiger partial charge in [-0.25, -0.2) is 9.98 Å². The first-order valence-electron chi connectivity index (χ1n) is 6.54. The number of aromatic amines is 1. The Bertz CT molecular complexity index is 737. The zero-order valence-corrected chi connectivity index (χ0v) is 11.3. The van der Waals surface area contributed by atoms with Gasteiger partial charge in [0.25, 0.3) is 5.56 Å². The average Bonchev–Trinajstić information content (AvgIpc) is 3.02. The Hall–Kier alpha value is -2.10. The summed E-state index contributed by atoms with van der Waals surface area (Å²) >= 11 is 0. The largest absolute Gasteiger partial charge is 0.394 e. The van der Waals surface area contributed by atoms with Crippen molar-refractivity contribution in [3.63, 3.8) is 0 Å². The van der Waals surface area contributed by atoms with Crippen LogP contribution in [-0.2, 0) is 4.74 Å². The minimum atomic E-state index is -0.771. The van der Waals surface area contributed by atoms with E-state index < -0.39 is 24.0 Å². The quantitative estimate of drug-likeness (QED) is 0.654. The highest BCUT2D eigenvalue weighted by Gasteiger charge is 2.35. The zero-order chi connectivity index (χ0) is 15.0. The first-order valence-corrected chi connectivity index (χ1v) is 6.54. The van der Waals surface area contributed by atoms with E-state index >= 15 is 0 Å². The Morgan fingerprint density at radius 1 is 1.67 bits per heavy atom. The van der Waals surface area contributed by atoms with E-state index in [4.69, 9.17) is 9.84 Å². The topological polar surface area (TPSA) is 126 Å². The minimum absolute atomic E-state index is 0.175. The Morgan fingerprint density at radius 3 is 3.14 bits per heavy atom. The summed E-state index contributed by atoms with van der Waals surface area (Å²) in [6.45, 7) is 1.44. The second-order valence-electron chi connectivity index (χ2n) is 4.72. The van der Waals surface area contributed by atoms with Crippen LogP contribution in [0.4, 0.5) is 5.95 Å². The lowest BCUT2D eigenvalue weighted by atomic mass is 10.2. The molecular weight excluding hydrogens is 278 g/mol.